The molecule has 2 heterocycles. The second-order valence-corrected chi connectivity index (χ2v) is 8.99. The molecule has 0 saturated carbocycles. The van der Waals surface area contributed by atoms with Gasteiger partial charge in [-0.1, -0.05) is 84.4 Å². The molecule has 1 amide bonds. The van der Waals surface area contributed by atoms with Gasteiger partial charge in [0.2, 0.25) is 5.91 Å². The van der Waals surface area contributed by atoms with E-state index in [0.717, 1.165) is 59.5 Å². The Hall–Kier alpha value is -3.37. The number of amides is 1. The third-order valence-electron chi connectivity index (χ3n) is 6.32. The number of para-hydroxylation sites is 1. The average molecular weight is 456 g/mol. The molecule has 1 aromatic heterocycles. The highest BCUT2D eigenvalue weighted by molar-refractivity contribution is 6.35. The van der Waals surface area contributed by atoms with Crippen LogP contribution in [0.5, 0.6) is 0 Å². The van der Waals surface area contributed by atoms with Crippen LogP contribution >= 0.6 is 11.6 Å². The Bertz CT molecular complexity index is 1270. The minimum Gasteiger partial charge on any atom is -0.370 e. The van der Waals surface area contributed by atoms with Crippen molar-refractivity contribution < 1.29 is 4.79 Å². The van der Waals surface area contributed by atoms with E-state index in [0.29, 0.717) is 17.4 Å². The van der Waals surface area contributed by atoms with Crippen LogP contribution in [0.4, 0.5) is 5.82 Å². The number of hydrogen-bond donors (Lipinski definition) is 1. The van der Waals surface area contributed by atoms with Crippen LogP contribution < -0.4 is 5.32 Å². The first kappa shape index (κ1) is 21.5. The molecular formula is C28H26ClN3O. The fraction of sp³-hybridized carbons (Fsp3) is 0.214. The molecule has 3 aromatic carbocycles. The fourth-order valence-electron chi connectivity index (χ4n) is 4.55. The summed E-state index contributed by atoms with van der Waals surface area (Å²) in [6, 6.07) is 28.2. The van der Waals surface area contributed by atoms with Crippen molar-refractivity contribution >= 4 is 34.2 Å². The Morgan fingerprint density at radius 1 is 1.00 bits per heavy atom. The van der Waals surface area contributed by atoms with Gasteiger partial charge in [-0.2, -0.15) is 0 Å². The summed E-state index contributed by atoms with van der Waals surface area (Å²) in [5, 5.41) is 5.08. The monoisotopic (exact) mass is 455 g/mol. The fourth-order valence-corrected chi connectivity index (χ4v) is 4.81. The Kier molecular flexibility index (Phi) is 6.27. The summed E-state index contributed by atoms with van der Waals surface area (Å²) in [5.74, 6) is 1.36. The highest BCUT2D eigenvalue weighted by Gasteiger charge is 2.26. The number of rotatable bonds is 6. The number of benzene rings is 3. The number of nitrogens with one attached hydrogen (secondary N) is 1. The minimum atomic E-state index is 0.188. The lowest BCUT2D eigenvalue weighted by Crippen LogP contribution is -2.31. The lowest BCUT2D eigenvalue weighted by Gasteiger charge is -2.18. The van der Waals surface area contributed by atoms with Crippen molar-refractivity contribution in [2.24, 2.45) is 5.92 Å². The number of hydrogen-bond acceptors (Lipinski definition) is 3. The van der Waals surface area contributed by atoms with Crippen molar-refractivity contribution in [2.75, 3.05) is 25.0 Å². The summed E-state index contributed by atoms with van der Waals surface area (Å²) in [4.78, 5) is 19.7. The van der Waals surface area contributed by atoms with Crippen LogP contribution in [0.15, 0.2) is 84.9 Å². The van der Waals surface area contributed by atoms with Crippen molar-refractivity contribution in [3.05, 3.63) is 95.5 Å². The van der Waals surface area contributed by atoms with Gasteiger partial charge >= 0.3 is 0 Å². The van der Waals surface area contributed by atoms with Crippen LogP contribution in [-0.2, 0) is 11.2 Å². The first-order valence-corrected chi connectivity index (χ1v) is 11.8. The van der Waals surface area contributed by atoms with Gasteiger partial charge < -0.3 is 10.2 Å². The van der Waals surface area contributed by atoms with Gasteiger partial charge in [-0.3, -0.25) is 4.79 Å². The second-order valence-electron chi connectivity index (χ2n) is 8.58. The zero-order chi connectivity index (χ0) is 22.6. The highest BCUT2D eigenvalue weighted by atomic mass is 35.5. The van der Waals surface area contributed by atoms with Gasteiger partial charge in [0.25, 0.3) is 0 Å². The van der Waals surface area contributed by atoms with E-state index in [-0.39, 0.29) is 5.91 Å². The number of halogens is 1. The van der Waals surface area contributed by atoms with Gasteiger partial charge in [0.1, 0.15) is 5.82 Å². The first-order valence-electron chi connectivity index (χ1n) is 11.4. The summed E-state index contributed by atoms with van der Waals surface area (Å²) in [6.45, 7) is 2.33. The topological polar surface area (TPSA) is 45.2 Å². The molecule has 0 spiro atoms. The van der Waals surface area contributed by atoms with Crippen molar-refractivity contribution in [3.63, 3.8) is 0 Å². The van der Waals surface area contributed by atoms with E-state index < -0.39 is 0 Å². The molecule has 5 rings (SSSR count). The summed E-state index contributed by atoms with van der Waals surface area (Å²) >= 11 is 6.42. The molecule has 1 N–H and O–H groups in total. The lowest BCUT2D eigenvalue weighted by atomic mass is 9.97. The third kappa shape index (κ3) is 4.86. The Labute approximate surface area is 199 Å². The van der Waals surface area contributed by atoms with Gasteiger partial charge in [-0.25, -0.2) is 4.98 Å². The van der Waals surface area contributed by atoms with Gasteiger partial charge in [0.15, 0.2) is 0 Å². The predicted octanol–water partition coefficient (Wildman–Crippen LogP) is 6.06. The highest BCUT2D eigenvalue weighted by Crippen LogP contribution is 2.27. The molecule has 0 aliphatic carbocycles. The molecule has 0 unspecified atom stereocenters. The number of fused-ring (bicyclic) bond motifs is 1. The summed E-state index contributed by atoms with van der Waals surface area (Å²) in [5.41, 5.74) is 4.23. The molecule has 1 aliphatic rings. The molecule has 4 aromatic rings. The number of pyridine rings is 1. The van der Waals surface area contributed by atoms with E-state index in [1.165, 1.54) is 0 Å². The average Bonchev–Trinajstić information content (AvgIpc) is 3.33. The van der Waals surface area contributed by atoms with Crippen molar-refractivity contribution in [1.82, 2.24) is 9.88 Å². The zero-order valence-electron chi connectivity index (χ0n) is 18.4. The van der Waals surface area contributed by atoms with E-state index >= 15 is 0 Å². The molecule has 5 heteroatoms. The van der Waals surface area contributed by atoms with Crippen molar-refractivity contribution in [2.45, 2.75) is 12.8 Å². The minimum absolute atomic E-state index is 0.188. The maximum absolute atomic E-state index is 13.1. The maximum atomic E-state index is 13.1. The van der Waals surface area contributed by atoms with E-state index in [1.54, 1.807) is 0 Å². The predicted molar refractivity (Wildman–Crippen MR) is 136 cm³/mol. The Balaban J connectivity index is 1.20. The number of nitrogens with zero attached hydrogens (tertiary/aromatic N) is 2. The standard InChI is InChI=1S/C28H26ClN3O/c29-25-17-27(31-26-13-7-6-12-24(25)26)30-18-20-14-15-32(19-20)28(33)16-22-10-4-5-11-23(22)21-8-2-1-3-9-21/h1-13,17,20H,14-16,18-19H2,(H,30,31)/t20-/m1/s1. The van der Waals surface area contributed by atoms with E-state index in [9.17, 15) is 4.79 Å². The number of likely N-dealkylation sites (tertiary alicyclic amines) is 1. The van der Waals surface area contributed by atoms with Crippen LogP contribution in [0.3, 0.4) is 0 Å². The van der Waals surface area contributed by atoms with Crippen LogP contribution in [0, 0.1) is 5.92 Å². The Morgan fingerprint density at radius 2 is 1.76 bits per heavy atom. The molecule has 1 saturated heterocycles. The summed E-state index contributed by atoms with van der Waals surface area (Å²) in [7, 11) is 0. The summed E-state index contributed by atoms with van der Waals surface area (Å²) < 4.78 is 0. The zero-order valence-corrected chi connectivity index (χ0v) is 19.1. The first-order chi connectivity index (χ1) is 16.2. The Morgan fingerprint density at radius 3 is 2.64 bits per heavy atom. The summed E-state index contributed by atoms with van der Waals surface area (Å²) in [6.07, 6.45) is 1.41. The molecule has 0 bridgehead atoms. The third-order valence-corrected chi connectivity index (χ3v) is 6.63. The van der Waals surface area contributed by atoms with Crippen LogP contribution in [0.2, 0.25) is 5.02 Å². The molecule has 1 atom stereocenters. The van der Waals surface area contributed by atoms with Gasteiger partial charge in [0, 0.05) is 25.0 Å². The van der Waals surface area contributed by atoms with Crippen LogP contribution in [-0.4, -0.2) is 35.4 Å². The molecule has 166 valence electrons. The number of carbonyl (C=O) groups is 1. The quantitative estimate of drug-likeness (QED) is 0.384. The van der Waals surface area contributed by atoms with Crippen LogP contribution in [0.25, 0.3) is 22.0 Å². The lowest BCUT2D eigenvalue weighted by molar-refractivity contribution is -0.129. The largest absolute Gasteiger partial charge is 0.370 e. The smallest absolute Gasteiger partial charge is 0.227 e. The normalized spacial score (nSPS) is 15.7. The molecule has 1 fully saturated rings. The molecule has 33 heavy (non-hydrogen) atoms. The SMILES string of the molecule is O=C(Cc1ccccc1-c1ccccc1)N1CC[C@H](CNc2cc(Cl)c3ccccc3n2)C1. The number of anilines is 1. The van der Waals surface area contributed by atoms with E-state index in [1.807, 2.05) is 65.6 Å². The molecule has 1 aliphatic heterocycles. The molecule has 4 nitrogen and oxygen atoms in total. The maximum Gasteiger partial charge on any atom is 0.227 e. The molecule has 0 radical (unpaired) electrons. The van der Waals surface area contributed by atoms with Crippen molar-refractivity contribution in [3.8, 4) is 11.1 Å². The molecular weight excluding hydrogens is 430 g/mol. The van der Waals surface area contributed by atoms with Gasteiger partial charge in [0.05, 0.1) is 17.0 Å². The van der Waals surface area contributed by atoms with Crippen LogP contribution in [0.1, 0.15) is 12.0 Å². The van der Waals surface area contributed by atoms with Crippen molar-refractivity contribution in [1.29, 1.82) is 0 Å². The van der Waals surface area contributed by atoms with E-state index in [2.05, 4.69) is 34.6 Å². The van der Waals surface area contributed by atoms with E-state index in [4.69, 9.17) is 11.6 Å². The van der Waals surface area contributed by atoms with Gasteiger partial charge in [-0.15, -0.1) is 0 Å². The number of aromatic nitrogens is 1. The number of carbonyl (C=O) groups excluding carboxylic acids is 1. The second kappa shape index (κ2) is 9.63. The van der Waals surface area contributed by atoms with Gasteiger partial charge in [-0.05, 0) is 41.2 Å².